The quantitative estimate of drug-likeness (QED) is 0.780. The van der Waals surface area contributed by atoms with Crippen LogP contribution >= 0.6 is 0 Å². The van der Waals surface area contributed by atoms with E-state index in [2.05, 4.69) is 5.32 Å². The number of hydrogen-bond acceptors (Lipinski definition) is 3. The van der Waals surface area contributed by atoms with Crippen LogP contribution in [-0.4, -0.2) is 48.3 Å². The molecule has 1 heterocycles. The first-order valence-corrected chi connectivity index (χ1v) is 10.1. The molecule has 0 aliphatic carbocycles. The topological polar surface area (TPSA) is 52.7 Å². The maximum Gasteiger partial charge on any atom is 0.236 e. The summed E-state index contributed by atoms with van der Waals surface area (Å²) in [6, 6.07) is 12.2. The first kappa shape index (κ1) is 21.9. The predicted octanol–water partition coefficient (Wildman–Crippen LogP) is 3.83. The zero-order valence-corrected chi connectivity index (χ0v) is 17.3. The fourth-order valence-electron chi connectivity index (χ4n) is 3.68. The maximum atomic E-state index is 14.0. The van der Waals surface area contributed by atoms with E-state index in [1.807, 2.05) is 30.3 Å². The number of likely N-dealkylation sites (N-methyl/N-ethyl adjacent to an activating group) is 1. The van der Waals surface area contributed by atoms with E-state index >= 15 is 0 Å². The summed E-state index contributed by atoms with van der Waals surface area (Å²) in [4.78, 5) is 28.6. The molecule has 1 fully saturated rings. The zero-order valence-electron chi connectivity index (χ0n) is 17.3. The van der Waals surface area contributed by atoms with Gasteiger partial charge in [0.1, 0.15) is 11.6 Å². The van der Waals surface area contributed by atoms with Crippen molar-refractivity contribution in [3.63, 3.8) is 0 Å². The van der Waals surface area contributed by atoms with E-state index in [0.29, 0.717) is 25.9 Å². The van der Waals surface area contributed by atoms with Crippen LogP contribution in [0.5, 0.6) is 0 Å². The first-order chi connectivity index (χ1) is 14.3. The van der Waals surface area contributed by atoms with E-state index in [4.69, 9.17) is 0 Å². The number of nitrogens with zero attached hydrogens (tertiary/aromatic N) is 2. The van der Waals surface area contributed by atoms with Gasteiger partial charge in [0, 0.05) is 36.3 Å². The standard InChI is InChI=1S/C23H27F2N3O2/c1-16(20-14-18(24)8-9-21(20)25)27(2)15-22(29)28-12-10-17(11-13-28)23(30)26-19-6-4-3-5-7-19/h3-9,14,16-17H,10-13,15H2,1-2H3,(H,26,30). The second-order valence-electron chi connectivity index (χ2n) is 7.77. The van der Waals surface area contributed by atoms with E-state index in [0.717, 1.165) is 23.9 Å². The molecule has 5 nitrogen and oxygen atoms in total. The highest BCUT2D eigenvalue weighted by atomic mass is 19.1. The minimum absolute atomic E-state index is 0.0272. The molecular weight excluding hydrogens is 388 g/mol. The number of nitrogens with one attached hydrogen (secondary N) is 1. The van der Waals surface area contributed by atoms with Crippen molar-refractivity contribution < 1.29 is 18.4 Å². The lowest BCUT2D eigenvalue weighted by atomic mass is 9.95. The molecule has 2 aromatic rings. The molecule has 2 aromatic carbocycles. The van der Waals surface area contributed by atoms with Crippen molar-refractivity contribution in [1.29, 1.82) is 0 Å². The predicted molar refractivity (Wildman–Crippen MR) is 112 cm³/mol. The SMILES string of the molecule is CC(c1cc(F)ccc1F)N(C)CC(=O)N1CCC(C(=O)Nc2ccccc2)CC1. The van der Waals surface area contributed by atoms with Crippen LogP contribution in [0.15, 0.2) is 48.5 Å². The highest BCUT2D eigenvalue weighted by Gasteiger charge is 2.28. The molecule has 2 amide bonds. The van der Waals surface area contributed by atoms with Gasteiger partial charge in [-0.1, -0.05) is 18.2 Å². The van der Waals surface area contributed by atoms with Crippen LogP contribution in [0, 0.1) is 17.6 Å². The number of carbonyl (C=O) groups excluding carboxylic acids is 2. The van der Waals surface area contributed by atoms with Crippen LogP contribution in [0.1, 0.15) is 31.4 Å². The molecule has 1 aliphatic rings. The lowest BCUT2D eigenvalue weighted by Crippen LogP contribution is -2.45. The molecule has 3 rings (SSSR count). The fraction of sp³-hybridized carbons (Fsp3) is 0.391. The molecule has 30 heavy (non-hydrogen) atoms. The lowest BCUT2D eigenvalue weighted by molar-refractivity contribution is -0.135. The Hall–Kier alpha value is -2.80. The minimum atomic E-state index is -0.506. The van der Waals surface area contributed by atoms with E-state index in [1.165, 1.54) is 0 Å². The third kappa shape index (κ3) is 5.42. The van der Waals surface area contributed by atoms with Gasteiger partial charge in [0.15, 0.2) is 0 Å². The van der Waals surface area contributed by atoms with Crippen LogP contribution in [0.3, 0.4) is 0 Å². The van der Waals surface area contributed by atoms with Crippen LogP contribution < -0.4 is 5.32 Å². The van der Waals surface area contributed by atoms with Gasteiger partial charge in [0.25, 0.3) is 0 Å². The molecule has 1 N–H and O–H groups in total. The number of piperidine rings is 1. The average Bonchev–Trinajstić information content (AvgIpc) is 2.75. The van der Waals surface area contributed by atoms with Gasteiger partial charge in [-0.15, -0.1) is 0 Å². The molecule has 1 saturated heterocycles. The Labute approximate surface area is 175 Å². The van der Waals surface area contributed by atoms with Gasteiger partial charge in [-0.25, -0.2) is 8.78 Å². The largest absolute Gasteiger partial charge is 0.342 e. The molecule has 0 saturated carbocycles. The second kappa shape index (κ2) is 9.80. The van der Waals surface area contributed by atoms with Gasteiger partial charge in [0.05, 0.1) is 6.54 Å². The molecule has 0 radical (unpaired) electrons. The Balaban J connectivity index is 1.50. The second-order valence-corrected chi connectivity index (χ2v) is 7.77. The monoisotopic (exact) mass is 415 g/mol. The molecule has 0 spiro atoms. The van der Waals surface area contributed by atoms with Crippen molar-refractivity contribution >= 4 is 17.5 Å². The number of hydrogen-bond donors (Lipinski definition) is 1. The smallest absolute Gasteiger partial charge is 0.236 e. The normalized spacial score (nSPS) is 15.8. The van der Waals surface area contributed by atoms with E-state index in [1.54, 1.807) is 23.8 Å². The third-order valence-corrected chi connectivity index (χ3v) is 5.71. The number of rotatable bonds is 6. The zero-order chi connectivity index (χ0) is 21.7. The molecule has 0 aromatic heterocycles. The Morgan fingerprint density at radius 1 is 1.13 bits per heavy atom. The number of benzene rings is 2. The van der Waals surface area contributed by atoms with Gasteiger partial charge in [-0.3, -0.25) is 14.5 Å². The lowest BCUT2D eigenvalue weighted by Gasteiger charge is -2.33. The van der Waals surface area contributed by atoms with Gasteiger partial charge < -0.3 is 10.2 Å². The molecule has 0 bridgehead atoms. The van der Waals surface area contributed by atoms with Crippen molar-refractivity contribution in [2.45, 2.75) is 25.8 Å². The van der Waals surface area contributed by atoms with Crippen LogP contribution in [0.2, 0.25) is 0 Å². The van der Waals surface area contributed by atoms with E-state index < -0.39 is 17.7 Å². The number of carbonyl (C=O) groups is 2. The summed E-state index contributed by atoms with van der Waals surface area (Å²) in [5.41, 5.74) is 0.989. The number of amides is 2. The van der Waals surface area contributed by atoms with Gasteiger partial charge in [-0.2, -0.15) is 0 Å². The highest BCUT2D eigenvalue weighted by Crippen LogP contribution is 2.24. The summed E-state index contributed by atoms with van der Waals surface area (Å²) >= 11 is 0. The summed E-state index contributed by atoms with van der Waals surface area (Å²) in [5, 5.41) is 2.91. The minimum Gasteiger partial charge on any atom is -0.342 e. The molecule has 160 valence electrons. The van der Waals surface area contributed by atoms with Crippen LogP contribution in [0.25, 0.3) is 0 Å². The van der Waals surface area contributed by atoms with Crippen molar-refractivity contribution in [2.75, 3.05) is 32.0 Å². The van der Waals surface area contributed by atoms with Crippen molar-refractivity contribution in [1.82, 2.24) is 9.80 Å². The summed E-state index contributed by atoms with van der Waals surface area (Å²) in [7, 11) is 1.72. The maximum absolute atomic E-state index is 14.0. The summed E-state index contributed by atoms with van der Waals surface area (Å²) in [6.07, 6.45) is 1.20. The molecular formula is C23H27F2N3O2. The van der Waals surface area contributed by atoms with Crippen molar-refractivity contribution in [2.24, 2.45) is 5.92 Å². The third-order valence-electron chi connectivity index (χ3n) is 5.71. The highest BCUT2D eigenvalue weighted by molar-refractivity contribution is 5.92. The van der Waals surface area contributed by atoms with E-state index in [-0.39, 0.29) is 29.8 Å². The van der Waals surface area contributed by atoms with Gasteiger partial charge in [0.2, 0.25) is 11.8 Å². The molecule has 7 heteroatoms. The average molecular weight is 415 g/mol. The Bertz CT molecular complexity index is 883. The Kier molecular flexibility index (Phi) is 7.15. The van der Waals surface area contributed by atoms with E-state index in [9.17, 15) is 18.4 Å². The first-order valence-electron chi connectivity index (χ1n) is 10.1. The summed E-state index contributed by atoms with van der Waals surface area (Å²) in [6.45, 7) is 2.84. The van der Waals surface area contributed by atoms with Crippen molar-refractivity contribution in [3.05, 3.63) is 65.7 Å². The molecule has 1 aliphatic heterocycles. The Morgan fingerprint density at radius 3 is 2.47 bits per heavy atom. The Morgan fingerprint density at radius 2 is 1.80 bits per heavy atom. The van der Waals surface area contributed by atoms with Crippen LogP contribution in [0.4, 0.5) is 14.5 Å². The number of anilines is 1. The molecule has 1 atom stereocenters. The summed E-state index contributed by atoms with van der Waals surface area (Å²) in [5.74, 6) is -1.24. The number of likely N-dealkylation sites (tertiary alicyclic amines) is 1. The summed E-state index contributed by atoms with van der Waals surface area (Å²) < 4.78 is 27.5. The van der Waals surface area contributed by atoms with Crippen LogP contribution in [-0.2, 0) is 9.59 Å². The van der Waals surface area contributed by atoms with Gasteiger partial charge >= 0.3 is 0 Å². The number of para-hydroxylation sites is 1. The fourth-order valence-corrected chi connectivity index (χ4v) is 3.68. The molecule has 1 unspecified atom stereocenters. The van der Waals surface area contributed by atoms with Gasteiger partial charge in [-0.05, 0) is 57.1 Å². The number of halogens is 2. The van der Waals surface area contributed by atoms with Crippen molar-refractivity contribution in [3.8, 4) is 0 Å².